The van der Waals surface area contributed by atoms with E-state index in [4.69, 9.17) is 0 Å². The predicted molar refractivity (Wildman–Crippen MR) is 100 cm³/mol. The Hall–Kier alpha value is -2.46. The summed E-state index contributed by atoms with van der Waals surface area (Å²) in [5.74, 6) is 0.877. The summed E-state index contributed by atoms with van der Waals surface area (Å²) in [6, 6.07) is 12.3. The van der Waals surface area contributed by atoms with Gasteiger partial charge in [0, 0.05) is 24.4 Å². The zero-order chi connectivity index (χ0) is 17.5. The van der Waals surface area contributed by atoms with Crippen LogP contribution in [0.15, 0.2) is 54.7 Å². The Kier molecular flexibility index (Phi) is 6.27. The van der Waals surface area contributed by atoms with Crippen LogP contribution in [0.25, 0.3) is 11.1 Å². The van der Waals surface area contributed by atoms with Crippen LogP contribution in [0.1, 0.15) is 25.3 Å². The first-order valence-corrected chi connectivity index (χ1v) is 8.14. The van der Waals surface area contributed by atoms with Gasteiger partial charge in [-0.05, 0) is 43.3 Å². The average Bonchev–Trinajstić information content (AvgIpc) is 2.55. The van der Waals surface area contributed by atoms with E-state index in [0.29, 0.717) is 11.7 Å². The molecule has 0 aliphatic heterocycles. The van der Waals surface area contributed by atoms with E-state index in [2.05, 4.69) is 48.4 Å². The van der Waals surface area contributed by atoms with Gasteiger partial charge >= 0.3 is 0 Å². The zero-order valence-corrected chi connectivity index (χ0v) is 14.8. The Labute approximate surface area is 144 Å². The van der Waals surface area contributed by atoms with E-state index in [-0.39, 0.29) is 5.91 Å². The molecule has 0 spiro atoms. The van der Waals surface area contributed by atoms with Crippen molar-refractivity contribution in [2.24, 2.45) is 0 Å². The van der Waals surface area contributed by atoms with Crippen LogP contribution in [0.3, 0.4) is 0 Å². The Morgan fingerprint density at radius 1 is 1.21 bits per heavy atom. The van der Waals surface area contributed by atoms with E-state index in [1.807, 2.05) is 37.2 Å². The molecule has 4 heteroatoms. The van der Waals surface area contributed by atoms with Crippen LogP contribution in [0.5, 0.6) is 0 Å². The first-order chi connectivity index (χ1) is 11.5. The van der Waals surface area contributed by atoms with Crippen LogP contribution in [-0.4, -0.2) is 36.4 Å². The number of anilines is 1. The smallest absolute Gasteiger partial charge is 0.249 e. The van der Waals surface area contributed by atoms with Gasteiger partial charge in [0.15, 0.2) is 0 Å². The molecule has 0 radical (unpaired) electrons. The summed E-state index contributed by atoms with van der Waals surface area (Å²) in [4.78, 5) is 18.1. The normalized spacial score (nSPS) is 11.4. The number of nitrogens with zero attached hydrogens (tertiary/aromatic N) is 2. The summed E-state index contributed by atoms with van der Waals surface area (Å²) in [5.41, 5.74) is 3.48. The third-order valence-corrected chi connectivity index (χ3v) is 3.64. The maximum atomic E-state index is 11.8. The van der Waals surface area contributed by atoms with Crippen molar-refractivity contribution in [2.45, 2.75) is 19.8 Å². The second-order valence-electron chi connectivity index (χ2n) is 6.37. The number of likely N-dealkylation sites (N-methyl/N-ethyl adjacent to an activating group) is 1. The molecule has 0 unspecified atom stereocenters. The van der Waals surface area contributed by atoms with Crippen LogP contribution < -0.4 is 5.32 Å². The van der Waals surface area contributed by atoms with Gasteiger partial charge in [-0.1, -0.05) is 44.2 Å². The highest BCUT2D eigenvalue weighted by Crippen LogP contribution is 2.24. The van der Waals surface area contributed by atoms with Gasteiger partial charge in [-0.15, -0.1) is 0 Å². The van der Waals surface area contributed by atoms with Gasteiger partial charge in [-0.3, -0.25) is 4.79 Å². The quantitative estimate of drug-likeness (QED) is 0.819. The molecule has 1 heterocycles. The lowest BCUT2D eigenvalue weighted by atomic mass is 9.98. The van der Waals surface area contributed by atoms with Crippen LogP contribution in [0.4, 0.5) is 5.82 Å². The highest BCUT2D eigenvalue weighted by atomic mass is 16.1. The van der Waals surface area contributed by atoms with Crippen molar-refractivity contribution in [1.29, 1.82) is 0 Å². The molecule has 0 fully saturated rings. The van der Waals surface area contributed by atoms with Crippen LogP contribution in [0.2, 0.25) is 0 Å². The molecule has 2 aromatic rings. The fourth-order valence-corrected chi connectivity index (χ4v) is 2.25. The molecule has 0 saturated heterocycles. The van der Waals surface area contributed by atoms with E-state index in [1.54, 1.807) is 6.20 Å². The number of aromatic nitrogens is 1. The molecule has 1 aromatic heterocycles. The van der Waals surface area contributed by atoms with Crippen LogP contribution >= 0.6 is 0 Å². The number of nitrogens with one attached hydrogen (secondary N) is 1. The number of benzene rings is 1. The fraction of sp³-hybridized carbons (Fsp3) is 0.300. The summed E-state index contributed by atoms with van der Waals surface area (Å²) >= 11 is 0. The Bertz CT molecular complexity index is 703. The molecule has 1 amide bonds. The third kappa shape index (κ3) is 5.32. The molecule has 0 aliphatic carbocycles. The first kappa shape index (κ1) is 17.9. The molecule has 24 heavy (non-hydrogen) atoms. The van der Waals surface area contributed by atoms with Crippen LogP contribution in [-0.2, 0) is 4.79 Å². The molecule has 0 saturated carbocycles. The number of amides is 1. The van der Waals surface area contributed by atoms with Crippen molar-refractivity contribution < 1.29 is 4.79 Å². The van der Waals surface area contributed by atoms with Crippen molar-refractivity contribution in [2.75, 3.05) is 26.0 Å². The van der Waals surface area contributed by atoms with E-state index in [0.717, 1.165) is 17.7 Å². The van der Waals surface area contributed by atoms with Gasteiger partial charge in [0.05, 0.1) is 0 Å². The number of hydrogen-bond acceptors (Lipinski definition) is 3. The largest absolute Gasteiger partial charge is 0.307 e. The van der Waals surface area contributed by atoms with Crippen molar-refractivity contribution >= 4 is 11.7 Å². The molecule has 4 nitrogen and oxygen atoms in total. The SMILES string of the molecule is CC(C)c1cccc(-c2ccc(NC(=O)/C=C/CN(C)C)nc2)c1. The highest BCUT2D eigenvalue weighted by molar-refractivity contribution is 5.98. The maximum absolute atomic E-state index is 11.8. The molecular weight excluding hydrogens is 298 g/mol. The zero-order valence-electron chi connectivity index (χ0n) is 14.8. The molecule has 0 atom stereocenters. The van der Waals surface area contributed by atoms with Gasteiger partial charge in [-0.25, -0.2) is 4.98 Å². The molecule has 2 rings (SSSR count). The first-order valence-electron chi connectivity index (χ1n) is 8.14. The second kappa shape index (κ2) is 8.41. The van der Waals surface area contributed by atoms with E-state index in [1.165, 1.54) is 11.6 Å². The van der Waals surface area contributed by atoms with E-state index in [9.17, 15) is 4.79 Å². The Balaban J connectivity index is 2.04. The van der Waals surface area contributed by atoms with E-state index >= 15 is 0 Å². The molecule has 0 aliphatic rings. The maximum Gasteiger partial charge on any atom is 0.249 e. The van der Waals surface area contributed by atoms with Crippen molar-refractivity contribution in [3.8, 4) is 11.1 Å². The summed E-state index contributed by atoms with van der Waals surface area (Å²) in [6.45, 7) is 5.09. The number of pyridine rings is 1. The summed E-state index contributed by atoms with van der Waals surface area (Å²) in [7, 11) is 3.91. The van der Waals surface area contributed by atoms with Gasteiger partial charge in [-0.2, -0.15) is 0 Å². The third-order valence-electron chi connectivity index (χ3n) is 3.64. The Morgan fingerprint density at radius 3 is 2.62 bits per heavy atom. The van der Waals surface area contributed by atoms with Crippen molar-refractivity contribution in [1.82, 2.24) is 9.88 Å². The standard InChI is InChI=1S/C20H25N3O/c1-15(2)16-7-5-8-17(13-16)18-10-11-19(21-14-18)22-20(24)9-6-12-23(3)4/h5-11,13-15H,12H2,1-4H3,(H,21,22,24)/b9-6+. The van der Waals surface area contributed by atoms with Gasteiger partial charge in [0.2, 0.25) is 5.91 Å². The number of hydrogen-bond donors (Lipinski definition) is 1. The predicted octanol–water partition coefficient (Wildman–Crippen LogP) is 3.93. The summed E-state index contributed by atoms with van der Waals surface area (Å²) in [5, 5.41) is 2.77. The lowest BCUT2D eigenvalue weighted by Crippen LogP contribution is -2.13. The Morgan fingerprint density at radius 2 is 2.00 bits per heavy atom. The van der Waals surface area contributed by atoms with Gasteiger partial charge < -0.3 is 10.2 Å². The molecular formula is C20H25N3O. The van der Waals surface area contributed by atoms with Gasteiger partial charge in [0.25, 0.3) is 0 Å². The fourth-order valence-electron chi connectivity index (χ4n) is 2.25. The highest BCUT2D eigenvalue weighted by Gasteiger charge is 2.04. The topological polar surface area (TPSA) is 45.2 Å². The number of rotatable bonds is 6. The minimum Gasteiger partial charge on any atom is -0.307 e. The lowest BCUT2D eigenvalue weighted by molar-refractivity contribution is -0.111. The lowest BCUT2D eigenvalue weighted by Gasteiger charge is -2.09. The van der Waals surface area contributed by atoms with Crippen molar-refractivity contribution in [3.05, 3.63) is 60.3 Å². The summed E-state index contributed by atoms with van der Waals surface area (Å²) in [6.07, 6.45) is 5.14. The van der Waals surface area contributed by atoms with Crippen molar-refractivity contribution in [3.63, 3.8) is 0 Å². The summed E-state index contributed by atoms with van der Waals surface area (Å²) < 4.78 is 0. The number of carbonyl (C=O) groups is 1. The van der Waals surface area contributed by atoms with Crippen LogP contribution in [0, 0.1) is 0 Å². The molecule has 1 aromatic carbocycles. The minimum absolute atomic E-state index is 0.168. The minimum atomic E-state index is -0.168. The molecule has 1 N–H and O–H groups in total. The van der Waals surface area contributed by atoms with E-state index < -0.39 is 0 Å². The molecule has 0 bridgehead atoms. The van der Waals surface area contributed by atoms with Gasteiger partial charge in [0.1, 0.15) is 5.82 Å². The second-order valence-corrected chi connectivity index (χ2v) is 6.37. The number of carbonyl (C=O) groups excluding carboxylic acids is 1. The monoisotopic (exact) mass is 323 g/mol. The average molecular weight is 323 g/mol. The molecule has 126 valence electrons.